The number of nitrogens with one attached hydrogen (secondary N) is 1. The summed E-state index contributed by atoms with van der Waals surface area (Å²) in [6.45, 7) is 4.14. The van der Waals surface area contributed by atoms with Gasteiger partial charge < -0.3 is 15.2 Å². The number of carboxylic acid groups (broad SMARTS) is 1. The Balaban J connectivity index is 1.81. The SMILES string of the molecule is COc1ccc(CCNC(=O)[C@@H]2[C@H](C(=O)O)C2(C)C)cc1. The lowest BCUT2D eigenvalue weighted by atomic mass is 10.1. The van der Waals surface area contributed by atoms with Crippen LogP contribution < -0.4 is 10.1 Å². The summed E-state index contributed by atoms with van der Waals surface area (Å²) in [7, 11) is 1.62. The summed E-state index contributed by atoms with van der Waals surface area (Å²) in [5.74, 6) is -1.26. The smallest absolute Gasteiger partial charge is 0.307 e. The van der Waals surface area contributed by atoms with E-state index in [-0.39, 0.29) is 5.91 Å². The molecule has 0 saturated heterocycles. The van der Waals surface area contributed by atoms with Gasteiger partial charge in [-0.25, -0.2) is 0 Å². The van der Waals surface area contributed by atoms with Crippen molar-refractivity contribution in [2.45, 2.75) is 20.3 Å². The zero-order valence-corrected chi connectivity index (χ0v) is 12.6. The summed E-state index contributed by atoms with van der Waals surface area (Å²) in [6.07, 6.45) is 0.709. The van der Waals surface area contributed by atoms with Gasteiger partial charge in [-0.3, -0.25) is 9.59 Å². The van der Waals surface area contributed by atoms with Crippen LogP contribution in [0.2, 0.25) is 0 Å². The molecule has 0 aliphatic heterocycles. The molecule has 2 atom stereocenters. The lowest BCUT2D eigenvalue weighted by Gasteiger charge is -2.07. The van der Waals surface area contributed by atoms with Crippen LogP contribution in [0.4, 0.5) is 0 Å². The van der Waals surface area contributed by atoms with E-state index >= 15 is 0 Å². The number of aliphatic carboxylic acids is 1. The van der Waals surface area contributed by atoms with Crippen molar-refractivity contribution in [3.63, 3.8) is 0 Å². The molecular weight excluding hydrogens is 270 g/mol. The van der Waals surface area contributed by atoms with E-state index in [1.165, 1.54) is 0 Å². The van der Waals surface area contributed by atoms with Crippen molar-refractivity contribution in [3.05, 3.63) is 29.8 Å². The van der Waals surface area contributed by atoms with E-state index in [0.29, 0.717) is 13.0 Å². The molecule has 1 aromatic carbocycles. The first-order valence-electron chi connectivity index (χ1n) is 7.01. The number of amides is 1. The van der Waals surface area contributed by atoms with Crippen molar-refractivity contribution in [2.75, 3.05) is 13.7 Å². The van der Waals surface area contributed by atoms with Crippen molar-refractivity contribution in [2.24, 2.45) is 17.3 Å². The minimum atomic E-state index is -0.893. The summed E-state index contributed by atoms with van der Waals surface area (Å²) >= 11 is 0. The molecule has 0 heterocycles. The first kappa shape index (κ1) is 15.4. The third-order valence-corrected chi connectivity index (χ3v) is 4.25. The molecule has 0 spiro atoms. The van der Waals surface area contributed by atoms with Gasteiger partial charge >= 0.3 is 5.97 Å². The normalized spacial score (nSPS) is 22.4. The zero-order chi connectivity index (χ0) is 15.6. The van der Waals surface area contributed by atoms with Gasteiger partial charge in [0.25, 0.3) is 0 Å². The van der Waals surface area contributed by atoms with Crippen LogP contribution in [0, 0.1) is 17.3 Å². The molecule has 114 valence electrons. The van der Waals surface area contributed by atoms with Gasteiger partial charge in [-0.2, -0.15) is 0 Å². The quantitative estimate of drug-likeness (QED) is 0.836. The highest BCUT2D eigenvalue weighted by Gasteiger charge is 2.65. The molecule has 1 aromatic rings. The lowest BCUT2D eigenvalue weighted by Crippen LogP contribution is -2.29. The summed E-state index contributed by atoms with van der Waals surface area (Å²) in [6, 6.07) is 7.65. The largest absolute Gasteiger partial charge is 0.497 e. The van der Waals surface area contributed by atoms with E-state index in [1.54, 1.807) is 7.11 Å². The number of rotatable bonds is 6. The van der Waals surface area contributed by atoms with Crippen molar-refractivity contribution < 1.29 is 19.4 Å². The molecule has 1 fully saturated rings. The monoisotopic (exact) mass is 291 g/mol. The molecule has 1 aliphatic carbocycles. The number of hydrogen-bond donors (Lipinski definition) is 2. The highest BCUT2D eigenvalue weighted by molar-refractivity contribution is 5.91. The van der Waals surface area contributed by atoms with Crippen LogP contribution in [0.3, 0.4) is 0 Å². The first-order chi connectivity index (χ1) is 9.87. The maximum Gasteiger partial charge on any atom is 0.307 e. The molecule has 1 aliphatic rings. The minimum Gasteiger partial charge on any atom is -0.497 e. The fourth-order valence-corrected chi connectivity index (χ4v) is 2.82. The summed E-state index contributed by atoms with van der Waals surface area (Å²) in [5, 5.41) is 11.9. The molecule has 2 N–H and O–H groups in total. The van der Waals surface area contributed by atoms with E-state index in [1.807, 2.05) is 38.1 Å². The number of carbonyl (C=O) groups excluding carboxylic acids is 1. The molecule has 0 radical (unpaired) electrons. The van der Waals surface area contributed by atoms with Crippen molar-refractivity contribution in [1.82, 2.24) is 5.32 Å². The van der Waals surface area contributed by atoms with E-state index in [4.69, 9.17) is 9.84 Å². The van der Waals surface area contributed by atoms with Crippen LogP contribution in [0.1, 0.15) is 19.4 Å². The Labute approximate surface area is 124 Å². The Morgan fingerprint density at radius 2 is 1.86 bits per heavy atom. The number of ether oxygens (including phenoxy) is 1. The number of carbonyl (C=O) groups is 2. The van der Waals surface area contributed by atoms with Gasteiger partial charge in [-0.05, 0) is 29.5 Å². The topological polar surface area (TPSA) is 75.6 Å². The van der Waals surface area contributed by atoms with E-state index < -0.39 is 23.2 Å². The van der Waals surface area contributed by atoms with Gasteiger partial charge in [0.1, 0.15) is 5.75 Å². The lowest BCUT2D eigenvalue weighted by molar-refractivity contribution is -0.140. The summed E-state index contributed by atoms with van der Waals surface area (Å²) in [5.41, 5.74) is 0.650. The van der Waals surface area contributed by atoms with Crippen LogP contribution in [0.5, 0.6) is 5.75 Å². The molecule has 1 amide bonds. The van der Waals surface area contributed by atoms with Gasteiger partial charge in [0.2, 0.25) is 5.91 Å². The summed E-state index contributed by atoms with van der Waals surface area (Å²) < 4.78 is 5.08. The van der Waals surface area contributed by atoms with Gasteiger partial charge in [0.15, 0.2) is 0 Å². The van der Waals surface area contributed by atoms with Crippen molar-refractivity contribution in [3.8, 4) is 5.75 Å². The second-order valence-corrected chi connectivity index (χ2v) is 6.00. The van der Waals surface area contributed by atoms with E-state index in [0.717, 1.165) is 11.3 Å². The number of hydrogen-bond acceptors (Lipinski definition) is 3. The Morgan fingerprint density at radius 3 is 2.33 bits per heavy atom. The fourth-order valence-electron chi connectivity index (χ4n) is 2.82. The van der Waals surface area contributed by atoms with Gasteiger partial charge in [0.05, 0.1) is 18.9 Å². The maximum atomic E-state index is 12.0. The molecule has 2 rings (SSSR count). The molecule has 0 aromatic heterocycles. The van der Waals surface area contributed by atoms with Crippen molar-refractivity contribution in [1.29, 1.82) is 0 Å². The van der Waals surface area contributed by atoms with E-state index in [9.17, 15) is 9.59 Å². The Hall–Kier alpha value is -2.04. The predicted octanol–water partition coefficient (Wildman–Crippen LogP) is 1.71. The third-order valence-electron chi connectivity index (χ3n) is 4.25. The predicted molar refractivity (Wildman–Crippen MR) is 78.1 cm³/mol. The Kier molecular flexibility index (Phi) is 4.21. The first-order valence-corrected chi connectivity index (χ1v) is 7.01. The molecule has 0 bridgehead atoms. The van der Waals surface area contributed by atoms with Crippen molar-refractivity contribution >= 4 is 11.9 Å². The number of methoxy groups -OCH3 is 1. The number of benzene rings is 1. The number of carboxylic acids is 1. The molecule has 21 heavy (non-hydrogen) atoms. The van der Waals surface area contributed by atoms with Crippen LogP contribution >= 0.6 is 0 Å². The van der Waals surface area contributed by atoms with Crippen LogP contribution in [0.15, 0.2) is 24.3 Å². The third kappa shape index (κ3) is 3.17. The molecule has 1 saturated carbocycles. The van der Waals surface area contributed by atoms with Crippen LogP contribution in [-0.2, 0) is 16.0 Å². The van der Waals surface area contributed by atoms with E-state index in [2.05, 4.69) is 5.32 Å². The average Bonchev–Trinajstić information content (AvgIpc) is 3.02. The minimum absolute atomic E-state index is 0.166. The molecule has 5 heteroatoms. The molecular formula is C16H21NO4. The second kappa shape index (κ2) is 5.76. The van der Waals surface area contributed by atoms with Crippen LogP contribution in [-0.4, -0.2) is 30.6 Å². The van der Waals surface area contributed by atoms with Gasteiger partial charge in [0, 0.05) is 6.54 Å². The highest BCUT2D eigenvalue weighted by atomic mass is 16.5. The maximum absolute atomic E-state index is 12.0. The van der Waals surface area contributed by atoms with Gasteiger partial charge in [-0.1, -0.05) is 26.0 Å². The van der Waals surface area contributed by atoms with Gasteiger partial charge in [-0.15, -0.1) is 0 Å². The summed E-state index contributed by atoms with van der Waals surface area (Å²) in [4.78, 5) is 23.1. The molecule has 0 unspecified atom stereocenters. The van der Waals surface area contributed by atoms with Crippen LogP contribution in [0.25, 0.3) is 0 Å². The zero-order valence-electron chi connectivity index (χ0n) is 12.6. The Morgan fingerprint density at radius 1 is 1.24 bits per heavy atom. The average molecular weight is 291 g/mol. The Bertz CT molecular complexity index is 536. The fraction of sp³-hybridized carbons (Fsp3) is 0.500. The standard InChI is InChI=1S/C16H21NO4/c1-16(2)12(13(16)15(19)20)14(18)17-9-8-10-4-6-11(21-3)7-5-10/h4-7,12-13H,8-9H2,1-3H3,(H,17,18)(H,19,20)/t12-,13+/m0/s1. The second-order valence-electron chi connectivity index (χ2n) is 6.00. The highest BCUT2D eigenvalue weighted by Crippen LogP contribution is 2.58. The molecule has 5 nitrogen and oxygen atoms in total.